The summed E-state index contributed by atoms with van der Waals surface area (Å²) in [5, 5.41) is 11.6. The molecule has 13 aromatic rings. The lowest BCUT2D eigenvalue weighted by atomic mass is 9.94. The summed E-state index contributed by atoms with van der Waals surface area (Å²) in [5.74, 6) is 1.91. The van der Waals surface area contributed by atoms with Crippen molar-refractivity contribution < 1.29 is 4.42 Å². The van der Waals surface area contributed by atoms with Crippen molar-refractivity contribution in [3.05, 3.63) is 200 Å². The van der Waals surface area contributed by atoms with E-state index in [-0.39, 0.29) is 0 Å². The summed E-state index contributed by atoms with van der Waals surface area (Å²) in [6.07, 6.45) is 0. The first-order valence-electron chi connectivity index (χ1n) is 20.8. The third kappa shape index (κ3) is 5.71. The van der Waals surface area contributed by atoms with Gasteiger partial charge in [-0.05, 0) is 121 Å². The van der Waals surface area contributed by atoms with Crippen molar-refractivity contribution >= 4 is 85.8 Å². The smallest absolute Gasteiger partial charge is 0.164 e. The standard InChI is InChI=1S/C57H33N3OS/c1-2-10-35(11-3-1)43-25-26-48(45-13-5-4-12-44(43)45)57-59-55(58-56(60-57)40-24-27-54-50(32-40)47-15-7-9-17-53(47)62-54)39-23-19-34-18-20-36(28-41(34)30-39)37-21-22-38-31-49-46-14-6-8-16-51(46)61-52(49)33-42(38)29-37/h1-33H. The Kier molecular flexibility index (Phi) is 7.74. The molecule has 0 bridgehead atoms. The zero-order valence-electron chi connectivity index (χ0n) is 33.2. The molecule has 10 aromatic carbocycles. The summed E-state index contributed by atoms with van der Waals surface area (Å²) in [6, 6.07) is 71.2. The summed E-state index contributed by atoms with van der Waals surface area (Å²) in [5.41, 5.74) is 9.29. The van der Waals surface area contributed by atoms with Crippen LogP contribution in [0.1, 0.15) is 0 Å². The first kappa shape index (κ1) is 34.8. The van der Waals surface area contributed by atoms with Crippen LogP contribution < -0.4 is 0 Å². The Hall–Kier alpha value is -7.99. The Labute approximate surface area is 360 Å². The Morgan fingerprint density at radius 2 is 0.855 bits per heavy atom. The molecule has 0 N–H and O–H groups in total. The molecular formula is C57H33N3OS. The summed E-state index contributed by atoms with van der Waals surface area (Å²) in [7, 11) is 0. The van der Waals surface area contributed by atoms with E-state index in [0.29, 0.717) is 17.5 Å². The Balaban J connectivity index is 0.961. The maximum absolute atomic E-state index is 6.25. The quantitative estimate of drug-likeness (QED) is 0.174. The zero-order valence-corrected chi connectivity index (χ0v) is 34.0. The second kappa shape index (κ2) is 13.8. The van der Waals surface area contributed by atoms with Gasteiger partial charge >= 0.3 is 0 Å². The largest absolute Gasteiger partial charge is 0.456 e. The van der Waals surface area contributed by atoms with E-state index in [9.17, 15) is 0 Å². The van der Waals surface area contributed by atoms with Crippen molar-refractivity contribution in [2.75, 3.05) is 0 Å². The van der Waals surface area contributed by atoms with Crippen LogP contribution in [0.2, 0.25) is 0 Å². The molecule has 0 aliphatic carbocycles. The van der Waals surface area contributed by atoms with Gasteiger partial charge in [0.1, 0.15) is 11.2 Å². The molecule has 0 saturated heterocycles. The second-order valence-electron chi connectivity index (χ2n) is 16.0. The van der Waals surface area contributed by atoms with Gasteiger partial charge in [-0.15, -0.1) is 11.3 Å². The summed E-state index contributed by atoms with van der Waals surface area (Å²) >= 11 is 1.81. The number of furan rings is 1. The molecule has 5 heteroatoms. The molecule has 4 nitrogen and oxygen atoms in total. The highest BCUT2D eigenvalue weighted by Crippen LogP contribution is 2.40. The molecule has 3 aromatic heterocycles. The minimum Gasteiger partial charge on any atom is -0.456 e. The van der Waals surface area contributed by atoms with E-state index in [4.69, 9.17) is 19.4 Å². The first-order valence-corrected chi connectivity index (χ1v) is 21.6. The normalized spacial score (nSPS) is 11.9. The number of para-hydroxylation sites is 1. The van der Waals surface area contributed by atoms with Gasteiger partial charge in [-0.25, -0.2) is 15.0 Å². The van der Waals surface area contributed by atoms with E-state index in [1.807, 2.05) is 23.5 Å². The zero-order chi connectivity index (χ0) is 40.7. The highest BCUT2D eigenvalue weighted by Gasteiger charge is 2.18. The summed E-state index contributed by atoms with van der Waals surface area (Å²) in [6.45, 7) is 0. The van der Waals surface area contributed by atoms with Gasteiger partial charge in [0.25, 0.3) is 0 Å². The predicted octanol–water partition coefficient (Wildman–Crippen LogP) is 15.9. The van der Waals surface area contributed by atoms with E-state index >= 15 is 0 Å². The first-order chi connectivity index (χ1) is 30.7. The van der Waals surface area contributed by atoms with Crippen LogP contribution in [0, 0.1) is 0 Å². The van der Waals surface area contributed by atoms with Gasteiger partial charge in [0, 0.05) is 47.6 Å². The molecule has 0 spiro atoms. The molecule has 13 rings (SSSR count). The fraction of sp³-hybridized carbons (Fsp3) is 0. The lowest BCUT2D eigenvalue weighted by Gasteiger charge is -2.13. The Bertz CT molecular complexity index is 3940. The number of fused-ring (bicyclic) bond motifs is 9. The highest BCUT2D eigenvalue weighted by molar-refractivity contribution is 7.25. The van der Waals surface area contributed by atoms with Gasteiger partial charge in [-0.1, -0.05) is 133 Å². The van der Waals surface area contributed by atoms with Crippen LogP contribution >= 0.6 is 11.3 Å². The van der Waals surface area contributed by atoms with Gasteiger partial charge < -0.3 is 4.42 Å². The molecule has 0 aliphatic rings. The molecule has 3 heterocycles. The minimum absolute atomic E-state index is 0.629. The van der Waals surface area contributed by atoms with Crippen LogP contribution in [0.25, 0.3) is 131 Å². The SMILES string of the molecule is c1ccc(-c2ccc(-c3nc(-c4ccc5ccc(-c6ccc7cc8c(cc7c6)oc6ccccc68)cc5c4)nc(-c4ccc5sc6ccccc6c5c4)n3)c3ccccc23)cc1. The van der Waals surface area contributed by atoms with Crippen LogP contribution in [0.4, 0.5) is 0 Å². The maximum atomic E-state index is 6.25. The van der Waals surface area contributed by atoms with Crippen LogP contribution in [-0.4, -0.2) is 15.0 Å². The fourth-order valence-electron chi connectivity index (χ4n) is 9.20. The molecule has 0 saturated carbocycles. The maximum Gasteiger partial charge on any atom is 0.164 e. The van der Waals surface area contributed by atoms with Crippen molar-refractivity contribution in [3.8, 4) is 56.4 Å². The minimum atomic E-state index is 0.629. The fourth-order valence-corrected chi connectivity index (χ4v) is 10.3. The van der Waals surface area contributed by atoms with E-state index < -0.39 is 0 Å². The molecule has 62 heavy (non-hydrogen) atoms. The van der Waals surface area contributed by atoms with Crippen LogP contribution in [-0.2, 0) is 0 Å². The van der Waals surface area contributed by atoms with Crippen molar-refractivity contribution in [2.24, 2.45) is 0 Å². The van der Waals surface area contributed by atoms with Gasteiger partial charge in [-0.2, -0.15) is 0 Å². The number of benzene rings is 10. The van der Waals surface area contributed by atoms with Crippen molar-refractivity contribution in [2.45, 2.75) is 0 Å². The molecule has 0 unspecified atom stereocenters. The number of hydrogen-bond donors (Lipinski definition) is 0. The number of nitrogens with zero attached hydrogens (tertiary/aromatic N) is 3. The molecule has 0 aliphatic heterocycles. The van der Waals surface area contributed by atoms with Crippen molar-refractivity contribution in [3.63, 3.8) is 0 Å². The van der Waals surface area contributed by atoms with Gasteiger partial charge in [0.15, 0.2) is 17.5 Å². The lowest BCUT2D eigenvalue weighted by Crippen LogP contribution is -2.01. The Morgan fingerprint density at radius 1 is 0.290 bits per heavy atom. The molecule has 0 atom stereocenters. The van der Waals surface area contributed by atoms with Crippen LogP contribution in [0.3, 0.4) is 0 Å². The summed E-state index contributed by atoms with van der Waals surface area (Å²) < 4.78 is 8.76. The molecule has 288 valence electrons. The van der Waals surface area contributed by atoms with E-state index in [0.717, 1.165) is 76.7 Å². The lowest BCUT2D eigenvalue weighted by molar-refractivity contribution is 0.669. The third-order valence-electron chi connectivity index (χ3n) is 12.3. The molecular weight excluding hydrogens is 775 g/mol. The van der Waals surface area contributed by atoms with Crippen molar-refractivity contribution in [1.29, 1.82) is 0 Å². The number of hydrogen-bond acceptors (Lipinski definition) is 5. The van der Waals surface area contributed by atoms with Gasteiger partial charge in [0.2, 0.25) is 0 Å². The van der Waals surface area contributed by atoms with Gasteiger partial charge in [-0.3, -0.25) is 0 Å². The third-order valence-corrected chi connectivity index (χ3v) is 13.4. The van der Waals surface area contributed by atoms with Crippen LogP contribution in [0.5, 0.6) is 0 Å². The van der Waals surface area contributed by atoms with E-state index in [1.54, 1.807) is 0 Å². The predicted molar refractivity (Wildman–Crippen MR) is 260 cm³/mol. The summed E-state index contributed by atoms with van der Waals surface area (Å²) in [4.78, 5) is 15.8. The van der Waals surface area contributed by atoms with E-state index in [1.165, 1.54) is 36.7 Å². The highest BCUT2D eigenvalue weighted by atomic mass is 32.1. The topological polar surface area (TPSA) is 51.8 Å². The average molecular weight is 808 g/mol. The number of aromatic nitrogens is 3. The molecule has 0 radical (unpaired) electrons. The Morgan fingerprint density at radius 3 is 1.66 bits per heavy atom. The molecule has 0 fully saturated rings. The van der Waals surface area contributed by atoms with E-state index in [2.05, 4.69) is 188 Å². The van der Waals surface area contributed by atoms with Crippen molar-refractivity contribution in [1.82, 2.24) is 15.0 Å². The number of rotatable bonds is 5. The average Bonchev–Trinajstić information content (AvgIpc) is 3.90. The van der Waals surface area contributed by atoms with Gasteiger partial charge in [0.05, 0.1) is 0 Å². The second-order valence-corrected chi connectivity index (χ2v) is 17.1. The number of thiophene rings is 1. The van der Waals surface area contributed by atoms with Crippen LogP contribution in [0.15, 0.2) is 205 Å². The monoisotopic (exact) mass is 807 g/mol. The molecule has 0 amide bonds.